The van der Waals surface area contributed by atoms with Crippen LogP contribution in [0.3, 0.4) is 0 Å². The first-order valence-electron chi connectivity index (χ1n) is 7.69. The molecule has 0 aliphatic heterocycles. The highest BCUT2D eigenvalue weighted by Crippen LogP contribution is 2.25. The zero-order chi connectivity index (χ0) is 15.2. The molecule has 21 heavy (non-hydrogen) atoms. The number of rotatable bonds is 6. The number of anilines is 1. The molecule has 2 heteroatoms. The van der Waals surface area contributed by atoms with E-state index in [0.29, 0.717) is 5.92 Å². The molecule has 2 nitrogen and oxygen atoms in total. The van der Waals surface area contributed by atoms with Crippen LogP contribution < -0.4 is 9.64 Å². The van der Waals surface area contributed by atoms with E-state index < -0.39 is 0 Å². The van der Waals surface area contributed by atoms with Crippen LogP contribution in [0.25, 0.3) is 0 Å². The highest BCUT2D eigenvalue weighted by Gasteiger charge is 2.03. The van der Waals surface area contributed by atoms with E-state index in [9.17, 15) is 0 Å². The molecule has 2 rings (SSSR count). The summed E-state index contributed by atoms with van der Waals surface area (Å²) in [6.07, 6.45) is 1.15. The van der Waals surface area contributed by atoms with E-state index in [4.69, 9.17) is 4.74 Å². The number of hydrogen-bond donors (Lipinski definition) is 0. The Morgan fingerprint density at radius 2 is 1.43 bits per heavy atom. The Balaban J connectivity index is 2.02. The van der Waals surface area contributed by atoms with Crippen molar-refractivity contribution in [1.82, 2.24) is 0 Å². The van der Waals surface area contributed by atoms with Crippen molar-refractivity contribution in [3.8, 4) is 11.5 Å². The summed E-state index contributed by atoms with van der Waals surface area (Å²) in [4.78, 5) is 2.25. The molecule has 0 aromatic heterocycles. The number of benzene rings is 2. The zero-order valence-electron chi connectivity index (χ0n) is 13.5. The van der Waals surface area contributed by atoms with E-state index in [1.54, 1.807) is 0 Å². The van der Waals surface area contributed by atoms with E-state index >= 15 is 0 Å². The minimum absolute atomic E-state index is 0.549. The third kappa shape index (κ3) is 4.25. The molecule has 0 N–H and O–H groups in total. The van der Waals surface area contributed by atoms with Gasteiger partial charge < -0.3 is 9.64 Å². The Morgan fingerprint density at radius 3 is 1.90 bits per heavy atom. The third-order valence-corrected chi connectivity index (χ3v) is 3.62. The Bertz CT molecular complexity index is 543. The van der Waals surface area contributed by atoms with Crippen molar-refractivity contribution >= 4 is 5.69 Å². The summed E-state index contributed by atoms with van der Waals surface area (Å²) in [5.41, 5.74) is 2.55. The van der Waals surface area contributed by atoms with Gasteiger partial charge in [-0.15, -0.1) is 0 Å². The fourth-order valence-electron chi connectivity index (χ4n) is 2.29. The van der Waals surface area contributed by atoms with Gasteiger partial charge in [0.15, 0.2) is 0 Å². The van der Waals surface area contributed by atoms with Crippen LogP contribution in [0.5, 0.6) is 11.5 Å². The molecule has 0 atom stereocenters. The molecule has 112 valence electrons. The summed E-state index contributed by atoms with van der Waals surface area (Å²) in [6.45, 7) is 7.65. The predicted molar refractivity (Wildman–Crippen MR) is 90.6 cm³/mol. The highest BCUT2D eigenvalue weighted by molar-refractivity contribution is 5.49. The van der Waals surface area contributed by atoms with Gasteiger partial charge in [0.1, 0.15) is 11.5 Å². The molecule has 0 bridgehead atoms. The zero-order valence-corrected chi connectivity index (χ0v) is 13.5. The van der Waals surface area contributed by atoms with Gasteiger partial charge in [0.05, 0.1) is 0 Å². The average Bonchev–Trinajstić information content (AvgIpc) is 2.49. The number of nitrogens with zero attached hydrogens (tertiary/aromatic N) is 1. The summed E-state index contributed by atoms with van der Waals surface area (Å²) in [6, 6.07) is 16.6. The van der Waals surface area contributed by atoms with E-state index in [0.717, 1.165) is 24.5 Å². The predicted octanol–water partition coefficient (Wildman–Crippen LogP) is 5.45. The lowest BCUT2D eigenvalue weighted by molar-refractivity contribution is 0.482. The van der Waals surface area contributed by atoms with Gasteiger partial charge >= 0.3 is 0 Å². The quantitative estimate of drug-likeness (QED) is 0.699. The maximum atomic E-state index is 5.89. The standard InChI is InChI=1S/C19H25NO/c1-5-14-20(4)17-8-12-19(13-9-17)21-18-10-6-16(7-11-18)15(2)3/h6-13,15H,5,14H2,1-4H3. The van der Waals surface area contributed by atoms with Crippen molar-refractivity contribution in [2.75, 3.05) is 18.5 Å². The van der Waals surface area contributed by atoms with Gasteiger partial charge in [0.25, 0.3) is 0 Å². The van der Waals surface area contributed by atoms with Gasteiger partial charge in [-0.25, -0.2) is 0 Å². The van der Waals surface area contributed by atoms with Crippen LogP contribution in [0.2, 0.25) is 0 Å². The van der Waals surface area contributed by atoms with Crippen LogP contribution in [0.1, 0.15) is 38.7 Å². The van der Waals surface area contributed by atoms with Crippen LogP contribution >= 0.6 is 0 Å². The maximum Gasteiger partial charge on any atom is 0.127 e. The van der Waals surface area contributed by atoms with Crippen molar-refractivity contribution in [1.29, 1.82) is 0 Å². The van der Waals surface area contributed by atoms with Crippen molar-refractivity contribution in [2.45, 2.75) is 33.1 Å². The van der Waals surface area contributed by atoms with Crippen LogP contribution in [0.15, 0.2) is 48.5 Å². The second-order valence-electron chi connectivity index (χ2n) is 5.74. The Hall–Kier alpha value is -1.96. The first kappa shape index (κ1) is 15.4. The molecule has 0 amide bonds. The van der Waals surface area contributed by atoms with Crippen molar-refractivity contribution in [2.24, 2.45) is 0 Å². The van der Waals surface area contributed by atoms with Crippen LogP contribution in [-0.2, 0) is 0 Å². The molecule has 0 aliphatic carbocycles. The maximum absolute atomic E-state index is 5.89. The lowest BCUT2D eigenvalue weighted by Gasteiger charge is -2.18. The Labute approximate surface area is 128 Å². The Kier molecular flexibility index (Phi) is 5.26. The topological polar surface area (TPSA) is 12.5 Å². The third-order valence-electron chi connectivity index (χ3n) is 3.62. The lowest BCUT2D eigenvalue weighted by atomic mass is 10.0. The summed E-state index contributed by atoms with van der Waals surface area (Å²) in [5, 5.41) is 0. The van der Waals surface area contributed by atoms with Gasteiger partial charge in [-0.05, 0) is 54.3 Å². The van der Waals surface area contributed by atoms with Gasteiger partial charge in [-0.2, -0.15) is 0 Å². The molecule has 0 radical (unpaired) electrons. The number of ether oxygens (including phenoxy) is 1. The molecular formula is C19H25NO. The molecule has 0 saturated heterocycles. The number of hydrogen-bond acceptors (Lipinski definition) is 2. The van der Waals surface area contributed by atoms with E-state index in [2.05, 4.69) is 57.0 Å². The van der Waals surface area contributed by atoms with E-state index in [1.165, 1.54) is 11.3 Å². The lowest BCUT2D eigenvalue weighted by Crippen LogP contribution is -2.17. The van der Waals surface area contributed by atoms with Gasteiger partial charge in [-0.1, -0.05) is 32.9 Å². The second-order valence-corrected chi connectivity index (χ2v) is 5.74. The molecule has 0 fully saturated rings. The van der Waals surface area contributed by atoms with Crippen LogP contribution in [0.4, 0.5) is 5.69 Å². The van der Waals surface area contributed by atoms with Crippen molar-refractivity contribution in [3.63, 3.8) is 0 Å². The van der Waals surface area contributed by atoms with E-state index in [1.807, 2.05) is 24.3 Å². The van der Waals surface area contributed by atoms with Crippen molar-refractivity contribution < 1.29 is 4.74 Å². The fraction of sp³-hybridized carbons (Fsp3) is 0.368. The van der Waals surface area contributed by atoms with Crippen LogP contribution in [-0.4, -0.2) is 13.6 Å². The largest absolute Gasteiger partial charge is 0.457 e. The van der Waals surface area contributed by atoms with Gasteiger partial charge in [0, 0.05) is 19.3 Å². The van der Waals surface area contributed by atoms with Crippen LogP contribution in [0, 0.1) is 0 Å². The summed E-state index contributed by atoms with van der Waals surface area (Å²) in [7, 11) is 2.12. The monoisotopic (exact) mass is 283 g/mol. The Morgan fingerprint density at radius 1 is 0.905 bits per heavy atom. The first-order chi connectivity index (χ1) is 10.1. The summed E-state index contributed by atoms with van der Waals surface area (Å²) < 4.78 is 5.89. The average molecular weight is 283 g/mol. The second kappa shape index (κ2) is 7.16. The normalized spacial score (nSPS) is 10.7. The van der Waals surface area contributed by atoms with Gasteiger partial charge in [-0.3, -0.25) is 0 Å². The molecule has 0 unspecified atom stereocenters. The summed E-state index contributed by atoms with van der Waals surface area (Å²) in [5.74, 6) is 2.31. The van der Waals surface area contributed by atoms with Crippen molar-refractivity contribution in [3.05, 3.63) is 54.1 Å². The molecule has 2 aromatic rings. The smallest absolute Gasteiger partial charge is 0.127 e. The first-order valence-corrected chi connectivity index (χ1v) is 7.69. The molecule has 0 heterocycles. The highest BCUT2D eigenvalue weighted by atomic mass is 16.5. The SMILES string of the molecule is CCCN(C)c1ccc(Oc2ccc(C(C)C)cc2)cc1. The molecular weight excluding hydrogens is 258 g/mol. The summed E-state index contributed by atoms with van der Waals surface area (Å²) >= 11 is 0. The minimum atomic E-state index is 0.549. The molecule has 0 saturated carbocycles. The molecule has 0 spiro atoms. The molecule has 2 aromatic carbocycles. The minimum Gasteiger partial charge on any atom is -0.457 e. The van der Waals surface area contributed by atoms with E-state index in [-0.39, 0.29) is 0 Å². The van der Waals surface area contributed by atoms with Gasteiger partial charge in [0.2, 0.25) is 0 Å². The molecule has 0 aliphatic rings. The fourth-order valence-corrected chi connectivity index (χ4v) is 2.29.